The van der Waals surface area contributed by atoms with Crippen LogP contribution in [0, 0.1) is 5.92 Å². The van der Waals surface area contributed by atoms with Gasteiger partial charge in [0.2, 0.25) is 0 Å². The van der Waals surface area contributed by atoms with Crippen molar-refractivity contribution in [2.45, 2.75) is 32.2 Å². The van der Waals surface area contributed by atoms with Crippen molar-refractivity contribution in [1.82, 2.24) is 25.3 Å². The first-order valence-electron chi connectivity index (χ1n) is 6.26. The lowest BCUT2D eigenvalue weighted by Crippen LogP contribution is -2.32. The number of nitrogens with zero attached hydrogens (tertiary/aromatic N) is 3. The van der Waals surface area contributed by atoms with Crippen molar-refractivity contribution < 1.29 is 0 Å². The summed E-state index contributed by atoms with van der Waals surface area (Å²) in [7, 11) is 0. The van der Waals surface area contributed by atoms with Gasteiger partial charge < -0.3 is 10.3 Å². The van der Waals surface area contributed by atoms with E-state index in [1.807, 2.05) is 0 Å². The third kappa shape index (κ3) is 2.02. The maximum atomic E-state index is 4.54. The van der Waals surface area contributed by atoms with Crippen molar-refractivity contribution in [3.8, 4) is 0 Å². The van der Waals surface area contributed by atoms with Gasteiger partial charge in [-0.15, -0.1) is 0 Å². The van der Waals surface area contributed by atoms with Crippen LogP contribution in [0.2, 0.25) is 0 Å². The number of H-pyrrole nitrogens is 1. The molecule has 0 amide bonds. The Morgan fingerprint density at radius 2 is 2.41 bits per heavy atom. The van der Waals surface area contributed by atoms with Crippen LogP contribution in [0.15, 0.2) is 12.5 Å². The summed E-state index contributed by atoms with van der Waals surface area (Å²) in [4.78, 5) is 16.0. The van der Waals surface area contributed by atoms with Crippen molar-refractivity contribution >= 4 is 11.2 Å². The number of aromatic amines is 1. The molecule has 0 saturated carbocycles. The van der Waals surface area contributed by atoms with E-state index in [0.29, 0.717) is 6.04 Å². The van der Waals surface area contributed by atoms with E-state index in [2.05, 4.69) is 32.2 Å². The highest BCUT2D eigenvalue weighted by Gasteiger charge is 2.23. The van der Waals surface area contributed by atoms with Gasteiger partial charge in [-0.25, -0.2) is 15.0 Å². The van der Waals surface area contributed by atoms with E-state index in [-0.39, 0.29) is 0 Å². The molecule has 3 heterocycles. The summed E-state index contributed by atoms with van der Waals surface area (Å²) in [6.45, 7) is 3.34. The lowest BCUT2D eigenvalue weighted by atomic mass is 9.90. The standard InChI is InChI=1S/C12H17N5/c1-2-8-3-4-14-9(5-8)12-16-10-6-13-7-15-11(10)17-12/h6-9,14H,2-5H2,1H3,(H,13,15,16,17). The van der Waals surface area contributed by atoms with Crippen LogP contribution in [0.3, 0.4) is 0 Å². The zero-order valence-corrected chi connectivity index (χ0v) is 9.98. The summed E-state index contributed by atoms with van der Waals surface area (Å²) in [6, 6.07) is 0.336. The number of hydrogen-bond acceptors (Lipinski definition) is 4. The fourth-order valence-electron chi connectivity index (χ4n) is 2.52. The predicted molar refractivity (Wildman–Crippen MR) is 65.4 cm³/mol. The third-order valence-corrected chi connectivity index (χ3v) is 3.60. The number of rotatable bonds is 2. The van der Waals surface area contributed by atoms with Gasteiger partial charge in [0, 0.05) is 0 Å². The molecule has 0 bridgehead atoms. The lowest BCUT2D eigenvalue weighted by molar-refractivity contribution is 0.292. The molecular weight excluding hydrogens is 214 g/mol. The Labute approximate surface area is 100 Å². The maximum absolute atomic E-state index is 4.54. The van der Waals surface area contributed by atoms with Crippen LogP contribution in [0.5, 0.6) is 0 Å². The van der Waals surface area contributed by atoms with Gasteiger partial charge in [-0.3, -0.25) is 0 Å². The van der Waals surface area contributed by atoms with Gasteiger partial charge in [-0.1, -0.05) is 13.3 Å². The highest BCUT2D eigenvalue weighted by Crippen LogP contribution is 2.28. The second-order valence-corrected chi connectivity index (χ2v) is 4.69. The Morgan fingerprint density at radius 1 is 1.47 bits per heavy atom. The monoisotopic (exact) mass is 231 g/mol. The first kappa shape index (κ1) is 10.7. The molecule has 90 valence electrons. The summed E-state index contributed by atoms with van der Waals surface area (Å²) in [5.74, 6) is 1.80. The molecule has 1 saturated heterocycles. The summed E-state index contributed by atoms with van der Waals surface area (Å²) in [6.07, 6.45) is 6.99. The van der Waals surface area contributed by atoms with E-state index in [4.69, 9.17) is 0 Å². The van der Waals surface area contributed by atoms with Gasteiger partial charge in [0.1, 0.15) is 17.7 Å². The Hall–Kier alpha value is -1.49. The molecule has 1 fully saturated rings. The first-order chi connectivity index (χ1) is 8.36. The third-order valence-electron chi connectivity index (χ3n) is 3.60. The molecule has 1 aliphatic rings. The van der Waals surface area contributed by atoms with Crippen molar-refractivity contribution in [3.05, 3.63) is 18.3 Å². The SMILES string of the molecule is CCC1CCNC(c2nc3ncncc3[nH]2)C1. The van der Waals surface area contributed by atoms with Gasteiger partial charge in [0.05, 0.1) is 12.2 Å². The molecule has 17 heavy (non-hydrogen) atoms. The lowest BCUT2D eigenvalue weighted by Gasteiger charge is -2.28. The number of piperidine rings is 1. The number of imidazole rings is 1. The van der Waals surface area contributed by atoms with Crippen molar-refractivity contribution in [2.24, 2.45) is 5.92 Å². The minimum atomic E-state index is 0.336. The number of fused-ring (bicyclic) bond motifs is 1. The summed E-state index contributed by atoms with van der Waals surface area (Å²) < 4.78 is 0. The van der Waals surface area contributed by atoms with Crippen LogP contribution in [0.25, 0.3) is 11.2 Å². The molecule has 2 N–H and O–H groups in total. The first-order valence-corrected chi connectivity index (χ1v) is 6.26. The van der Waals surface area contributed by atoms with Crippen molar-refractivity contribution in [1.29, 1.82) is 0 Å². The summed E-state index contributed by atoms with van der Waals surface area (Å²) >= 11 is 0. The van der Waals surface area contributed by atoms with Gasteiger partial charge in [0.25, 0.3) is 0 Å². The van der Waals surface area contributed by atoms with Gasteiger partial charge in [-0.05, 0) is 25.3 Å². The number of aromatic nitrogens is 4. The van der Waals surface area contributed by atoms with E-state index < -0.39 is 0 Å². The van der Waals surface area contributed by atoms with E-state index >= 15 is 0 Å². The molecule has 0 aliphatic carbocycles. The van der Waals surface area contributed by atoms with E-state index in [1.54, 1.807) is 6.20 Å². The molecular formula is C12H17N5. The summed E-state index contributed by atoms with van der Waals surface area (Å²) in [5.41, 5.74) is 1.68. The smallest absolute Gasteiger partial charge is 0.180 e. The summed E-state index contributed by atoms with van der Waals surface area (Å²) in [5, 5.41) is 3.52. The highest BCUT2D eigenvalue weighted by molar-refractivity contribution is 5.68. The molecule has 2 atom stereocenters. The van der Waals surface area contributed by atoms with Crippen molar-refractivity contribution in [3.63, 3.8) is 0 Å². The van der Waals surface area contributed by atoms with Crippen LogP contribution in [0.4, 0.5) is 0 Å². The average molecular weight is 231 g/mol. The Kier molecular flexibility index (Phi) is 2.76. The molecule has 0 radical (unpaired) electrons. The Bertz CT molecular complexity index is 473. The fourth-order valence-corrected chi connectivity index (χ4v) is 2.52. The zero-order valence-electron chi connectivity index (χ0n) is 9.98. The van der Waals surface area contributed by atoms with Crippen LogP contribution >= 0.6 is 0 Å². The largest absolute Gasteiger partial charge is 0.338 e. The molecule has 0 aromatic carbocycles. The number of nitrogens with one attached hydrogen (secondary N) is 2. The Morgan fingerprint density at radius 3 is 3.24 bits per heavy atom. The quantitative estimate of drug-likeness (QED) is 0.827. The highest BCUT2D eigenvalue weighted by atomic mass is 15.1. The molecule has 5 nitrogen and oxygen atoms in total. The maximum Gasteiger partial charge on any atom is 0.180 e. The Balaban J connectivity index is 1.87. The second-order valence-electron chi connectivity index (χ2n) is 4.69. The van der Waals surface area contributed by atoms with Crippen LogP contribution in [0.1, 0.15) is 38.1 Å². The van der Waals surface area contributed by atoms with Crippen LogP contribution < -0.4 is 5.32 Å². The molecule has 0 spiro atoms. The van der Waals surface area contributed by atoms with E-state index in [1.165, 1.54) is 19.2 Å². The van der Waals surface area contributed by atoms with Gasteiger partial charge in [-0.2, -0.15) is 0 Å². The molecule has 5 heteroatoms. The van der Waals surface area contributed by atoms with Gasteiger partial charge >= 0.3 is 0 Å². The zero-order chi connectivity index (χ0) is 11.7. The molecule has 1 aliphatic heterocycles. The van der Waals surface area contributed by atoms with Crippen LogP contribution in [-0.2, 0) is 0 Å². The number of hydrogen-bond donors (Lipinski definition) is 2. The normalized spacial score (nSPS) is 25.2. The van der Waals surface area contributed by atoms with Gasteiger partial charge in [0.15, 0.2) is 5.65 Å². The van der Waals surface area contributed by atoms with Crippen molar-refractivity contribution in [2.75, 3.05) is 6.54 Å². The molecule has 2 unspecified atom stereocenters. The average Bonchev–Trinajstić information content (AvgIpc) is 2.82. The molecule has 3 rings (SSSR count). The van der Waals surface area contributed by atoms with E-state index in [9.17, 15) is 0 Å². The topological polar surface area (TPSA) is 66.5 Å². The minimum Gasteiger partial charge on any atom is -0.338 e. The van der Waals surface area contributed by atoms with E-state index in [0.717, 1.165) is 35.9 Å². The predicted octanol–water partition coefficient (Wildman–Crippen LogP) is 1.80. The van der Waals surface area contributed by atoms with Crippen LogP contribution in [-0.4, -0.2) is 26.5 Å². The minimum absolute atomic E-state index is 0.336. The molecule has 2 aromatic heterocycles. The fraction of sp³-hybridized carbons (Fsp3) is 0.583. The molecule has 2 aromatic rings. The second kappa shape index (κ2) is 4.41.